The molecule has 1 aliphatic rings. The number of nitrogens with one attached hydrogen (secondary N) is 1. The predicted molar refractivity (Wildman–Crippen MR) is 96.4 cm³/mol. The highest BCUT2D eigenvalue weighted by Crippen LogP contribution is 2.19. The van der Waals surface area contributed by atoms with Crippen LogP contribution in [0, 0.1) is 0 Å². The van der Waals surface area contributed by atoms with E-state index in [1.54, 1.807) is 31.2 Å². The summed E-state index contributed by atoms with van der Waals surface area (Å²) >= 11 is 0. The van der Waals surface area contributed by atoms with E-state index in [0.717, 1.165) is 24.5 Å². The topological polar surface area (TPSA) is 91.8 Å². The average Bonchev–Trinajstić information content (AvgIpc) is 2.61. The number of nitrogens with zero attached hydrogens (tertiary/aromatic N) is 2. The van der Waals surface area contributed by atoms with Gasteiger partial charge in [0.1, 0.15) is 5.82 Å². The molecule has 2 N–H and O–H groups in total. The molecule has 0 spiro atoms. The van der Waals surface area contributed by atoms with Gasteiger partial charge in [0.25, 0.3) is 0 Å². The van der Waals surface area contributed by atoms with Crippen molar-refractivity contribution in [2.45, 2.75) is 19.5 Å². The van der Waals surface area contributed by atoms with Crippen molar-refractivity contribution in [3.63, 3.8) is 0 Å². The smallest absolute Gasteiger partial charge is 0.339 e. The Morgan fingerprint density at radius 1 is 1.27 bits per heavy atom. The third-order valence-corrected chi connectivity index (χ3v) is 4.23. The first-order valence-corrected chi connectivity index (χ1v) is 8.50. The third kappa shape index (κ3) is 4.18. The van der Waals surface area contributed by atoms with Gasteiger partial charge >= 0.3 is 11.9 Å². The molecule has 2 heterocycles. The van der Waals surface area contributed by atoms with E-state index in [9.17, 15) is 9.59 Å². The molecule has 1 aromatic carbocycles. The van der Waals surface area contributed by atoms with Crippen LogP contribution in [-0.4, -0.2) is 47.8 Å². The van der Waals surface area contributed by atoms with Gasteiger partial charge in [-0.25, -0.2) is 14.6 Å². The first kappa shape index (κ1) is 17.9. The number of aromatic carboxylic acids is 1. The third-order valence-electron chi connectivity index (χ3n) is 4.23. The van der Waals surface area contributed by atoms with E-state index >= 15 is 0 Å². The molecule has 1 saturated heterocycles. The van der Waals surface area contributed by atoms with Crippen LogP contribution >= 0.6 is 0 Å². The van der Waals surface area contributed by atoms with Gasteiger partial charge in [-0.2, -0.15) is 0 Å². The minimum atomic E-state index is -0.918. The molecule has 0 saturated carbocycles. The Morgan fingerprint density at radius 2 is 2.08 bits per heavy atom. The number of aromatic nitrogens is 1. The maximum Gasteiger partial charge on any atom is 0.339 e. The molecule has 0 bridgehead atoms. The molecule has 1 aliphatic heterocycles. The molecular formula is C19H21N3O4. The average molecular weight is 355 g/mol. The van der Waals surface area contributed by atoms with E-state index in [1.165, 1.54) is 6.20 Å². The predicted octanol–water partition coefficient (Wildman–Crippen LogP) is 1.93. The van der Waals surface area contributed by atoms with Crippen LogP contribution in [0.4, 0.5) is 5.82 Å². The standard InChI is InChI=1S/C19H21N3O4/c1-2-26-19(25)15-6-7-17(21-10-15)22-11-16(12-22)20-9-13-4-3-5-14(8-13)18(23)24/h3-8,10,16,20H,2,9,11-12H2,1H3,(H,23,24). The van der Waals surface area contributed by atoms with Crippen molar-refractivity contribution in [1.82, 2.24) is 10.3 Å². The molecule has 1 fully saturated rings. The minimum absolute atomic E-state index is 0.297. The molecule has 0 atom stereocenters. The molecule has 7 nitrogen and oxygen atoms in total. The number of hydrogen-bond donors (Lipinski definition) is 2. The maximum absolute atomic E-state index is 11.6. The second-order valence-electron chi connectivity index (χ2n) is 6.11. The van der Waals surface area contributed by atoms with Crippen molar-refractivity contribution in [2.75, 3.05) is 24.6 Å². The number of hydrogen-bond acceptors (Lipinski definition) is 6. The quantitative estimate of drug-likeness (QED) is 0.733. The van der Waals surface area contributed by atoms with Gasteiger partial charge in [-0.15, -0.1) is 0 Å². The fourth-order valence-corrected chi connectivity index (χ4v) is 2.78. The van der Waals surface area contributed by atoms with Crippen molar-refractivity contribution >= 4 is 17.8 Å². The number of pyridine rings is 1. The maximum atomic E-state index is 11.6. The molecule has 26 heavy (non-hydrogen) atoms. The molecule has 7 heteroatoms. The van der Waals surface area contributed by atoms with Crippen LogP contribution in [0.2, 0.25) is 0 Å². The molecule has 136 valence electrons. The summed E-state index contributed by atoms with van der Waals surface area (Å²) in [5.74, 6) is -0.457. The lowest BCUT2D eigenvalue weighted by atomic mass is 10.1. The largest absolute Gasteiger partial charge is 0.478 e. The lowest BCUT2D eigenvalue weighted by molar-refractivity contribution is 0.0525. The molecule has 0 amide bonds. The molecule has 0 radical (unpaired) electrons. The van der Waals surface area contributed by atoms with Crippen molar-refractivity contribution in [1.29, 1.82) is 0 Å². The van der Waals surface area contributed by atoms with E-state index in [1.807, 2.05) is 12.1 Å². The summed E-state index contributed by atoms with van der Waals surface area (Å²) in [5, 5.41) is 12.4. The number of carbonyl (C=O) groups excluding carboxylic acids is 1. The van der Waals surface area contributed by atoms with Crippen LogP contribution in [0.5, 0.6) is 0 Å². The summed E-state index contributed by atoms with van der Waals surface area (Å²) in [5.41, 5.74) is 1.69. The van der Waals surface area contributed by atoms with Gasteiger partial charge in [-0.05, 0) is 36.8 Å². The van der Waals surface area contributed by atoms with Crippen LogP contribution in [0.1, 0.15) is 33.2 Å². The molecule has 1 aromatic heterocycles. The van der Waals surface area contributed by atoms with Gasteiger partial charge in [0.15, 0.2) is 0 Å². The first-order chi connectivity index (χ1) is 12.6. The molecule has 3 rings (SSSR count). The Balaban J connectivity index is 1.48. The summed E-state index contributed by atoms with van der Waals surface area (Å²) in [6, 6.07) is 10.8. The van der Waals surface area contributed by atoms with Gasteiger partial charge in [-0.1, -0.05) is 12.1 Å². The number of benzene rings is 1. The summed E-state index contributed by atoms with van der Waals surface area (Å²) in [4.78, 5) is 29.1. The molecule has 2 aromatic rings. The number of ether oxygens (including phenoxy) is 1. The minimum Gasteiger partial charge on any atom is -0.478 e. The van der Waals surface area contributed by atoms with E-state index in [4.69, 9.17) is 9.84 Å². The van der Waals surface area contributed by atoms with E-state index < -0.39 is 5.97 Å². The molecule has 0 unspecified atom stereocenters. The highest BCUT2D eigenvalue weighted by molar-refractivity contribution is 5.89. The van der Waals surface area contributed by atoms with Gasteiger partial charge in [0.2, 0.25) is 0 Å². The zero-order valence-electron chi connectivity index (χ0n) is 14.5. The van der Waals surface area contributed by atoms with Crippen molar-refractivity contribution in [3.05, 3.63) is 59.3 Å². The van der Waals surface area contributed by atoms with Crippen LogP contribution in [0.15, 0.2) is 42.6 Å². The fourth-order valence-electron chi connectivity index (χ4n) is 2.78. The number of anilines is 1. The second kappa shape index (κ2) is 7.97. The van der Waals surface area contributed by atoms with Crippen LogP contribution in [0.25, 0.3) is 0 Å². The zero-order valence-corrected chi connectivity index (χ0v) is 14.5. The van der Waals surface area contributed by atoms with Gasteiger partial charge in [0, 0.05) is 31.9 Å². The van der Waals surface area contributed by atoms with Crippen LogP contribution in [-0.2, 0) is 11.3 Å². The Hall–Kier alpha value is -2.93. The summed E-state index contributed by atoms with van der Waals surface area (Å²) in [6.45, 7) is 4.35. The Labute approximate surface area is 151 Å². The summed E-state index contributed by atoms with van der Waals surface area (Å²) in [7, 11) is 0. The van der Waals surface area contributed by atoms with Gasteiger partial charge in [-0.3, -0.25) is 0 Å². The van der Waals surface area contributed by atoms with E-state index in [0.29, 0.717) is 30.3 Å². The zero-order chi connectivity index (χ0) is 18.5. The fraction of sp³-hybridized carbons (Fsp3) is 0.316. The van der Waals surface area contributed by atoms with Crippen molar-refractivity contribution < 1.29 is 19.4 Å². The Morgan fingerprint density at radius 3 is 2.73 bits per heavy atom. The number of rotatable bonds is 7. The Bertz CT molecular complexity index is 786. The highest BCUT2D eigenvalue weighted by atomic mass is 16.5. The summed E-state index contributed by atoms with van der Waals surface area (Å²) < 4.78 is 4.94. The normalized spacial score (nSPS) is 14.0. The lowest BCUT2D eigenvalue weighted by Crippen LogP contribution is -2.58. The van der Waals surface area contributed by atoms with Crippen molar-refractivity contribution in [3.8, 4) is 0 Å². The number of esters is 1. The van der Waals surface area contributed by atoms with Crippen LogP contribution < -0.4 is 10.2 Å². The number of carboxylic acids is 1. The molecule has 0 aliphatic carbocycles. The summed E-state index contributed by atoms with van der Waals surface area (Å²) in [6.07, 6.45) is 1.53. The van der Waals surface area contributed by atoms with E-state index in [2.05, 4.69) is 15.2 Å². The second-order valence-corrected chi connectivity index (χ2v) is 6.11. The lowest BCUT2D eigenvalue weighted by Gasteiger charge is -2.40. The number of carboxylic acid groups (broad SMARTS) is 1. The SMILES string of the molecule is CCOC(=O)c1ccc(N2CC(NCc3cccc(C(=O)O)c3)C2)nc1. The Kier molecular flexibility index (Phi) is 5.48. The van der Waals surface area contributed by atoms with Gasteiger partial charge in [0.05, 0.1) is 17.7 Å². The van der Waals surface area contributed by atoms with Gasteiger partial charge < -0.3 is 20.1 Å². The monoisotopic (exact) mass is 355 g/mol. The van der Waals surface area contributed by atoms with Crippen molar-refractivity contribution in [2.24, 2.45) is 0 Å². The molecular weight excluding hydrogens is 334 g/mol. The first-order valence-electron chi connectivity index (χ1n) is 8.50. The number of carbonyl (C=O) groups is 2. The van der Waals surface area contributed by atoms with E-state index in [-0.39, 0.29) is 5.97 Å². The highest BCUT2D eigenvalue weighted by Gasteiger charge is 2.27. The van der Waals surface area contributed by atoms with Crippen LogP contribution in [0.3, 0.4) is 0 Å².